The van der Waals surface area contributed by atoms with Gasteiger partial charge < -0.3 is 20.5 Å². The zero-order chi connectivity index (χ0) is 15.2. The van der Waals surface area contributed by atoms with Gasteiger partial charge in [-0.2, -0.15) is 0 Å². The van der Waals surface area contributed by atoms with E-state index < -0.39 is 6.10 Å². The van der Waals surface area contributed by atoms with Crippen LogP contribution in [0, 0.1) is 13.8 Å². The molecule has 1 aliphatic carbocycles. The SMILES string of the molecule is Cc1cccc(C)c1OCC(O)CNCC(=O)NC1CC1. The third kappa shape index (κ3) is 5.36. The summed E-state index contributed by atoms with van der Waals surface area (Å²) in [5, 5.41) is 15.7. The molecule has 1 fully saturated rings. The third-order valence-corrected chi connectivity index (χ3v) is 3.44. The van der Waals surface area contributed by atoms with Gasteiger partial charge in [-0.25, -0.2) is 0 Å². The highest BCUT2D eigenvalue weighted by atomic mass is 16.5. The number of hydrogen-bond acceptors (Lipinski definition) is 4. The van der Waals surface area contributed by atoms with E-state index in [2.05, 4.69) is 10.6 Å². The molecule has 1 saturated carbocycles. The zero-order valence-electron chi connectivity index (χ0n) is 12.7. The summed E-state index contributed by atoms with van der Waals surface area (Å²) in [6.45, 7) is 4.74. The number of benzene rings is 1. The van der Waals surface area contributed by atoms with Crippen LogP contribution in [0.1, 0.15) is 24.0 Å². The number of amides is 1. The summed E-state index contributed by atoms with van der Waals surface area (Å²) >= 11 is 0. The van der Waals surface area contributed by atoms with E-state index in [9.17, 15) is 9.90 Å². The van der Waals surface area contributed by atoms with Gasteiger partial charge in [0.1, 0.15) is 18.5 Å². The van der Waals surface area contributed by atoms with Crippen LogP contribution in [0.3, 0.4) is 0 Å². The summed E-state index contributed by atoms with van der Waals surface area (Å²) in [4.78, 5) is 11.5. The minimum absolute atomic E-state index is 0.0135. The molecule has 1 amide bonds. The Morgan fingerprint density at radius 3 is 2.67 bits per heavy atom. The number of carbonyl (C=O) groups is 1. The first-order chi connectivity index (χ1) is 10.1. The molecule has 1 aromatic carbocycles. The van der Waals surface area contributed by atoms with Crippen molar-refractivity contribution in [2.24, 2.45) is 0 Å². The molecule has 0 aliphatic heterocycles. The van der Waals surface area contributed by atoms with Crippen LogP contribution in [-0.4, -0.2) is 42.9 Å². The molecule has 1 aromatic rings. The molecule has 0 spiro atoms. The van der Waals surface area contributed by atoms with Crippen molar-refractivity contribution in [3.05, 3.63) is 29.3 Å². The lowest BCUT2D eigenvalue weighted by molar-refractivity contribution is -0.120. The average Bonchev–Trinajstić information content (AvgIpc) is 3.22. The second-order valence-electron chi connectivity index (χ2n) is 5.66. The Labute approximate surface area is 125 Å². The number of hydrogen-bond donors (Lipinski definition) is 3. The van der Waals surface area contributed by atoms with E-state index >= 15 is 0 Å². The first kappa shape index (κ1) is 15.8. The molecule has 0 bridgehead atoms. The summed E-state index contributed by atoms with van der Waals surface area (Å²) in [6, 6.07) is 6.31. The lowest BCUT2D eigenvalue weighted by Crippen LogP contribution is -2.39. The first-order valence-electron chi connectivity index (χ1n) is 7.43. The quantitative estimate of drug-likeness (QED) is 0.666. The van der Waals surface area contributed by atoms with Crippen molar-refractivity contribution in [2.45, 2.75) is 38.8 Å². The number of carbonyl (C=O) groups excluding carboxylic acids is 1. The maximum absolute atomic E-state index is 11.5. The molecule has 21 heavy (non-hydrogen) atoms. The van der Waals surface area contributed by atoms with Gasteiger partial charge in [0.15, 0.2) is 0 Å². The zero-order valence-corrected chi connectivity index (χ0v) is 12.7. The Bertz CT molecular complexity index is 466. The number of nitrogens with one attached hydrogen (secondary N) is 2. The second-order valence-corrected chi connectivity index (χ2v) is 5.66. The molecule has 1 aliphatic rings. The molecular formula is C16H24N2O3. The van der Waals surface area contributed by atoms with Crippen molar-refractivity contribution >= 4 is 5.91 Å². The lowest BCUT2D eigenvalue weighted by Gasteiger charge is -2.16. The first-order valence-corrected chi connectivity index (χ1v) is 7.43. The number of para-hydroxylation sites is 1. The predicted molar refractivity (Wildman–Crippen MR) is 81.5 cm³/mol. The van der Waals surface area contributed by atoms with Crippen LogP contribution in [0.15, 0.2) is 18.2 Å². The third-order valence-electron chi connectivity index (χ3n) is 3.44. The van der Waals surface area contributed by atoms with Crippen molar-refractivity contribution in [3.63, 3.8) is 0 Å². The number of aliphatic hydroxyl groups excluding tert-OH is 1. The van der Waals surface area contributed by atoms with Crippen LogP contribution < -0.4 is 15.4 Å². The number of aryl methyl sites for hydroxylation is 2. The standard InChI is InChI=1S/C16H24N2O3/c1-11-4-3-5-12(2)16(11)21-10-14(19)8-17-9-15(20)18-13-6-7-13/h3-5,13-14,17,19H,6-10H2,1-2H3,(H,18,20). The van der Waals surface area contributed by atoms with Gasteiger partial charge in [-0.05, 0) is 37.8 Å². The van der Waals surface area contributed by atoms with E-state index in [1.54, 1.807) is 0 Å². The fourth-order valence-electron chi connectivity index (χ4n) is 2.12. The largest absolute Gasteiger partial charge is 0.490 e. The molecule has 116 valence electrons. The molecule has 5 heteroatoms. The van der Waals surface area contributed by atoms with Gasteiger partial charge in [0, 0.05) is 12.6 Å². The Kier molecular flexibility index (Phi) is 5.59. The van der Waals surface area contributed by atoms with Crippen LogP contribution in [0.5, 0.6) is 5.75 Å². The summed E-state index contributed by atoms with van der Waals surface area (Å²) < 4.78 is 5.67. The molecule has 3 N–H and O–H groups in total. The van der Waals surface area contributed by atoms with Gasteiger partial charge in [-0.3, -0.25) is 4.79 Å². The number of ether oxygens (including phenoxy) is 1. The maximum Gasteiger partial charge on any atom is 0.234 e. The Hall–Kier alpha value is -1.59. The fraction of sp³-hybridized carbons (Fsp3) is 0.562. The van der Waals surface area contributed by atoms with E-state index in [-0.39, 0.29) is 19.1 Å². The molecule has 2 rings (SSSR count). The monoisotopic (exact) mass is 292 g/mol. The second kappa shape index (κ2) is 7.43. The highest BCUT2D eigenvalue weighted by molar-refractivity contribution is 5.78. The van der Waals surface area contributed by atoms with Crippen LogP contribution >= 0.6 is 0 Å². The van der Waals surface area contributed by atoms with E-state index in [4.69, 9.17) is 4.74 Å². The Morgan fingerprint density at radius 1 is 1.38 bits per heavy atom. The van der Waals surface area contributed by atoms with Crippen LogP contribution in [0.25, 0.3) is 0 Å². The fourth-order valence-corrected chi connectivity index (χ4v) is 2.12. The van der Waals surface area contributed by atoms with Gasteiger partial charge in [0.25, 0.3) is 0 Å². The summed E-state index contributed by atoms with van der Waals surface area (Å²) in [5.74, 6) is 0.809. The Morgan fingerprint density at radius 2 is 2.05 bits per heavy atom. The van der Waals surface area contributed by atoms with Crippen molar-refractivity contribution in [1.29, 1.82) is 0 Å². The maximum atomic E-state index is 11.5. The van der Waals surface area contributed by atoms with Crippen molar-refractivity contribution < 1.29 is 14.6 Å². The smallest absolute Gasteiger partial charge is 0.234 e. The minimum Gasteiger partial charge on any atom is -0.490 e. The van der Waals surface area contributed by atoms with E-state index in [1.165, 1.54) is 0 Å². The van der Waals surface area contributed by atoms with Gasteiger partial charge in [0.05, 0.1) is 6.54 Å². The Balaban J connectivity index is 1.64. The molecular weight excluding hydrogens is 268 g/mol. The van der Waals surface area contributed by atoms with Gasteiger partial charge >= 0.3 is 0 Å². The normalized spacial score (nSPS) is 15.6. The molecule has 1 atom stereocenters. The topological polar surface area (TPSA) is 70.6 Å². The summed E-state index contributed by atoms with van der Waals surface area (Å²) in [5.41, 5.74) is 2.11. The lowest BCUT2D eigenvalue weighted by atomic mass is 10.1. The molecule has 1 unspecified atom stereocenters. The molecule has 0 radical (unpaired) electrons. The van der Waals surface area contributed by atoms with Gasteiger partial charge in [0.2, 0.25) is 5.91 Å². The van der Waals surface area contributed by atoms with Crippen LogP contribution in [-0.2, 0) is 4.79 Å². The highest BCUT2D eigenvalue weighted by Gasteiger charge is 2.22. The number of rotatable bonds is 8. The summed E-state index contributed by atoms with van der Waals surface area (Å²) in [6.07, 6.45) is 1.52. The van der Waals surface area contributed by atoms with Crippen molar-refractivity contribution in [3.8, 4) is 5.75 Å². The van der Waals surface area contributed by atoms with Crippen molar-refractivity contribution in [2.75, 3.05) is 19.7 Å². The van der Waals surface area contributed by atoms with E-state index in [0.717, 1.165) is 29.7 Å². The van der Waals surface area contributed by atoms with E-state index in [1.807, 2.05) is 32.0 Å². The molecule has 0 saturated heterocycles. The average molecular weight is 292 g/mol. The molecule has 0 aromatic heterocycles. The van der Waals surface area contributed by atoms with Crippen LogP contribution in [0.4, 0.5) is 0 Å². The molecule has 0 heterocycles. The van der Waals surface area contributed by atoms with Gasteiger partial charge in [-0.15, -0.1) is 0 Å². The van der Waals surface area contributed by atoms with Crippen molar-refractivity contribution in [1.82, 2.24) is 10.6 Å². The number of aliphatic hydroxyl groups is 1. The highest BCUT2D eigenvalue weighted by Crippen LogP contribution is 2.22. The predicted octanol–water partition coefficient (Wildman–Crippen LogP) is 0.911. The molecule has 5 nitrogen and oxygen atoms in total. The minimum atomic E-state index is -0.641. The summed E-state index contributed by atoms with van der Waals surface area (Å²) in [7, 11) is 0. The van der Waals surface area contributed by atoms with E-state index in [0.29, 0.717) is 12.6 Å². The van der Waals surface area contributed by atoms with Gasteiger partial charge in [-0.1, -0.05) is 18.2 Å². The van der Waals surface area contributed by atoms with Crippen LogP contribution in [0.2, 0.25) is 0 Å².